The molecule has 0 bridgehead atoms. The van der Waals surface area contributed by atoms with Crippen LogP contribution >= 0.6 is 23.6 Å². The zero-order valence-corrected chi connectivity index (χ0v) is 16.3. The minimum atomic E-state index is -0.238. The molecule has 8 heteroatoms. The van der Waals surface area contributed by atoms with E-state index in [9.17, 15) is 9.59 Å². The average Bonchev–Trinajstić information content (AvgIpc) is 2.88. The van der Waals surface area contributed by atoms with Crippen LogP contribution in [0.1, 0.15) is 39.5 Å². The minimum Gasteiger partial charge on any atom is -0.352 e. The van der Waals surface area contributed by atoms with Crippen LogP contribution in [-0.4, -0.2) is 26.1 Å². The number of allylic oxidation sites excluding steroid dienone is 1. The Hall–Kier alpha value is -1.80. The normalized spacial score (nSPS) is 12.2. The van der Waals surface area contributed by atoms with E-state index >= 15 is 0 Å². The Morgan fingerprint density at radius 3 is 2.96 bits per heavy atom. The highest BCUT2D eigenvalue weighted by atomic mass is 32.1. The summed E-state index contributed by atoms with van der Waals surface area (Å²) in [4.78, 5) is 29.1. The first-order valence-electron chi connectivity index (χ1n) is 8.47. The third kappa shape index (κ3) is 4.85. The van der Waals surface area contributed by atoms with E-state index in [4.69, 9.17) is 12.2 Å². The average molecular weight is 381 g/mol. The van der Waals surface area contributed by atoms with Gasteiger partial charge in [-0.3, -0.25) is 14.2 Å². The third-order valence-electron chi connectivity index (χ3n) is 3.92. The van der Waals surface area contributed by atoms with Crippen LogP contribution in [0.15, 0.2) is 23.8 Å². The van der Waals surface area contributed by atoms with Crippen LogP contribution in [-0.2, 0) is 17.9 Å². The number of hydrogen-bond donors (Lipinski definition) is 1. The van der Waals surface area contributed by atoms with E-state index in [-0.39, 0.29) is 24.1 Å². The Morgan fingerprint density at radius 2 is 2.28 bits per heavy atom. The van der Waals surface area contributed by atoms with E-state index in [0.717, 1.165) is 25.7 Å². The molecular formula is C17H24N4O2S2. The summed E-state index contributed by atoms with van der Waals surface area (Å²) in [5, 5.41) is 2.94. The monoisotopic (exact) mass is 380 g/mol. The predicted octanol–water partition coefficient (Wildman–Crippen LogP) is 3.26. The second-order valence-corrected chi connectivity index (χ2v) is 7.71. The Bertz CT molecular complexity index is 866. The van der Waals surface area contributed by atoms with E-state index in [2.05, 4.69) is 23.8 Å². The van der Waals surface area contributed by atoms with Gasteiger partial charge in [0.2, 0.25) is 5.91 Å². The molecule has 2 rings (SSSR count). The quantitative estimate of drug-likeness (QED) is 0.412. The van der Waals surface area contributed by atoms with Crippen molar-refractivity contribution in [2.45, 2.75) is 58.7 Å². The van der Waals surface area contributed by atoms with Gasteiger partial charge in [0.25, 0.3) is 5.56 Å². The molecule has 0 fully saturated rings. The minimum absolute atomic E-state index is 0.0357. The SMILES string of the molecule is C=CCn1c(=S)sc2c(=O)n(CC(=O)NC(C)CCCCC)cnc21. The summed E-state index contributed by atoms with van der Waals surface area (Å²) in [6.45, 7) is 8.29. The van der Waals surface area contributed by atoms with Crippen molar-refractivity contribution < 1.29 is 4.79 Å². The first-order chi connectivity index (χ1) is 12.0. The van der Waals surface area contributed by atoms with Crippen molar-refractivity contribution in [2.24, 2.45) is 0 Å². The first kappa shape index (κ1) is 19.5. The molecule has 136 valence electrons. The maximum atomic E-state index is 12.6. The predicted molar refractivity (Wildman–Crippen MR) is 105 cm³/mol. The van der Waals surface area contributed by atoms with Crippen LogP contribution in [0.3, 0.4) is 0 Å². The maximum Gasteiger partial charge on any atom is 0.273 e. The number of amides is 1. The maximum absolute atomic E-state index is 12.6. The fourth-order valence-electron chi connectivity index (χ4n) is 2.62. The molecule has 0 saturated heterocycles. The van der Waals surface area contributed by atoms with Crippen molar-refractivity contribution >= 4 is 39.8 Å². The van der Waals surface area contributed by atoms with Gasteiger partial charge in [0, 0.05) is 12.6 Å². The summed E-state index contributed by atoms with van der Waals surface area (Å²) < 4.78 is 4.15. The standard InChI is InChI=1S/C17H24N4O2S2/c1-4-6-7-8-12(3)19-13(22)10-20-11-18-15-14(16(20)23)25-17(24)21(15)9-5-2/h5,11-12H,2,4,6-10H2,1,3H3,(H,19,22). The number of fused-ring (bicyclic) bond motifs is 1. The molecule has 1 atom stereocenters. The molecule has 0 radical (unpaired) electrons. The van der Waals surface area contributed by atoms with E-state index in [1.807, 2.05) is 6.92 Å². The molecule has 2 aromatic rings. The lowest BCUT2D eigenvalue weighted by molar-refractivity contribution is -0.122. The summed E-state index contributed by atoms with van der Waals surface area (Å²) >= 11 is 6.50. The van der Waals surface area contributed by atoms with Gasteiger partial charge in [-0.05, 0) is 25.6 Å². The van der Waals surface area contributed by atoms with Crippen molar-refractivity contribution in [1.82, 2.24) is 19.4 Å². The van der Waals surface area contributed by atoms with Gasteiger partial charge in [0.05, 0.1) is 0 Å². The molecule has 2 heterocycles. The van der Waals surface area contributed by atoms with Gasteiger partial charge in [0.1, 0.15) is 17.6 Å². The number of unbranched alkanes of at least 4 members (excludes halogenated alkanes) is 2. The molecule has 0 spiro atoms. The zero-order valence-electron chi connectivity index (χ0n) is 14.7. The van der Waals surface area contributed by atoms with Crippen molar-refractivity contribution in [1.29, 1.82) is 0 Å². The lowest BCUT2D eigenvalue weighted by atomic mass is 10.1. The Labute approximate surface area is 156 Å². The highest BCUT2D eigenvalue weighted by Crippen LogP contribution is 2.17. The number of nitrogens with one attached hydrogen (secondary N) is 1. The van der Waals surface area contributed by atoms with Crippen LogP contribution in [0, 0.1) is 3.95 Å². The van der Waals surface area contributed by atoms with Gasteiger partial charge in [-0.2, -0.15) is 0 Å². The summed E-state index contributed by atoms with van der Waals surface area (Å²) in [6.07, 6.45) is 7.46. The number of rotatable bonds is 9. The number of thiazole rings is 1. The van der Waals surface area contributed by atoms with Crippen LogP contribution in [0.2, 0.25) is 0 Å². The van der Waals surface area contributed by atoms with Gasteiger partial charge < -0.3 is 9.88 Å². The van der Waals surface area contributed by atoms with Crippen molar-refractivity contribution in [3.63, 3.8) is 0 Å². The van der Waals surface area contributed by atoms with Crippen molar-refractivity contribution in [2.75, 3.05) is 0 Å². The fraction of sp³-hybridized carbons (Fsp3) is 0.529. The Morgan fingerprint density at radius 1 is 1.52 bits per heavy atom. The topological polar surface area (TPSA) is 68.9 Å². The first-order valence-corrected chi connectivity index (χ1v) is 9.69. The summed E-state index contributed by atoms with van der Waals surface area (Å²) in [5.74, 6) is -0.179. The molecule has 0 aliphatic carbocycles. The van der Waals surface area contributed by atoms with Crippen LogP contribution in [0.4, 0.5) is 0 Å². The molecule has 0 aliphatic rings. The summed E-state index contributed by atoms with van der Waals surface area (Å²) in [7, 11) is 0. The van der Waals surface area contributed by atoms with Crippen molar-refractivity contribution in [3.05, 3.63) is 33.3 Å². The Balaban J connectivity index is 2.12. The molecule has 0 aliphatic heterocycles. The van der Waals surface area contributed by atoms with Gasteiger partial charge in [-0.25, -0.2) is 4.98 Å². The van der Waals surface area contributed by atoms with E-state index < -0.39 is 0 Å². The highest BCUT2D eigenvalue weighted by molar-refractivity contribution is 7.73. The second-order valence-electron chi connectivity index (χ2n) is 6.06. The molecule has 6 nitrogen and oxygen atoms in total. The third-order valence-corrected chi connectivity index (χ3v) is 5.34. The van der Waals surface area contributed by atoms with E-state index in [0.29, 0.717) is 20.8 Å². The lowest BCUT2D eigenvalue weighted by Crippen LogP contribution is -2.37. The van der Waals surface area contributed by atoms with Gasteiger partial charge in [0.15, 0.2) is 9.60 Å². The molecule has 1 amide bonds. The second kappa shape index (κ2) is 9.05. The fourth-order valence-corrected chi connectivity index (χ4v) is 3.94. The number of nitrogens with zero attached hydrogens (tertiary/aromatic N) is 3. The smallest absolute Gasteiger partial charge is 0.273 e. The molecule has 0 aromatic carbocycles. The van der Waals surface area contributed by atoms with Gasteiger partial charge >= 0.3 is 0 Å². The molecule has 25 heavy (non-hydrogen) atoms. The zero-order chi connectivity index (χ0) is 18.4. The lowest BCUT2D eigenvalue weighted by Gasteiger charge is -2.14. The van der Waals surface area contributed by atoms with Gasteiger partial charge in [-0.1, -0.05) is 43.6 Å². The number of hydrogen-bond acceptors (Lipinski definition) is 5. The highest BCUT2D eigenvalue weighted by Gasteiger charge is 2.14. The van der Waals surface area contributed by atoms with E-state index in [1.165, 1.54) is 22.2 Å². The number of carbonyl (C=O) groups excluding carboxylic acids is 1. The molecular weight excluding hydrogens is 356 g/mol. The van der Waals surface area contributed by atoms with Gasteiger partial charge in [-0.15, -0.1) is 6.58 Å². The Kier molecular flexibility index (Phi) is 7.07. The van der Waals surface area contributed by atoms with Crippen LogP contribution in [0.25, 0.3) is 10.3 Å². The van der Waals surface area contributed by atoms with Crippen molar-refractivity contribution in [3.8, 4) is 0 Å². The number of aromatic nitrogens is 3. The van der Waals surface area contributed by atoms with Crippen LogP contribution < -0.4 is 10.9 Å². The van der Waals surface area contributed by atoms with Crippen LogP contribution in [0.5, 0.6) is 0 Å². The largest absolute Gasteiger partial charge is 0.352 e. The molecule has 2 aromatic heterocycles. The summed E-state index contributed by atoms with van der Waals surface area (Å²) in [6, 6.07) is 0.0992. The molecule has 1 unspecified atom stereocenters. The molecule has 0 saturated carbocycles. The summed E-state index contributed by atoms with van der Waals surface area (Å²) in [5.41, 5.74) is 0.308. The molecule has 1 N–H and O–H groups in total. The van der Waals surface area contributed by atoms with E-state index in [1.54, 1.807) is 10.6 Å². The number of carbonyl (C=O) groups is 1.